The highest BCUT2D eigenvalue weighted by molar-refractivity contribution is 7.09. The van der Waals surface area contributed by atoms with Crippen molar-refractivity contribution < 1.29 is 19.1 Å². The fourth-order valence-corrected chi connectivity index (χ4v) is 9.89. The number of rotatable bonds is 11. The fourth-order valence-electron chi connectivity index (χ4n) is 9.25. The number of hydrogen-bond acceptors (Lipinski definition) is 7. The van der Waals surface area contributed by atoms with Crippen molar-refractivity contribution in [2.45, 2.75) is 71.0 Å². The molecule has 4 aliphatic rings. The second kappa shape index (κ2) is 15.4. The van der Waals surface area contributed by atoms with Gasteiger partial charge >= 0.3 is 6.09 Å². The molecule has 3 N–H and O–H groups in total. The van der Waals surface area contributed by atoms with Gasteiger partial charge in [-0.2, -0.15) is 0 Å². The van der Waals surface area contributed by atoms with Gasteiger partial charge in [-0.25, -0.2) is 9.78 Å². The normalized spacial score (nSPS) is 23.7. The lowest BCUT2D eigenvalue weighted by Crippen LogP contribution is -2.51. The summed E-state index contributed by atoms with van der Waals surface area (Å²) in [6.45, 7) is 5.04. The predicted octanol–water partition coefficient (Wildman–Crippen LogP) is 8.01. The summed E-state index contributed by atoms with van der Waals surface area (Å²) in [5, 5.41) is 8.00. The molecule has 3 amide bonds. The number of carbonyl (C=O) groups excluding carboxylic acids is 3. The maximum atomic E-state index is 13.5. The first-order valence-electron chi connectivity index (χ1n) is 19.2. The molecule has 8 rings (SSSR count). The van der Waals surface area contributed by atoms with Crippen LogP contribution in [-0.2, 0) is 20.9 Å². The van der Waals surface area contributed by atoms with Crippen molar-refractivity contribution in [2.24, 2.45) is 34.6 Å². The smallest absolute Gasteiger partial charge is 0.407 e. The van der Waals surface area contributed by atoms with E-state index in [-0.39, 0.29) is 35.6 Å². The second-order valence-corrected chi connectivity index (χ2v) is 16.5. The molecule has 2 unspecified atom stereocenters. The van der Waals surface area contributed by atoms with Crippen LogP contribution in [0.2, 0.25) is 0 Å². The van der Waals surface area contributed by atoms with Gasteiger partial charge < -0.3 is 25.3 Å². The molecule has 10 nitrogen and oxygen atoms in total. The number of hydrogen-bond donors (Lipinski definition) is 3. The number of nitrogens with one attached hydrogen (secondary N) is 3. The van der Waals surface area contributed by atoms with E-state index in [2.05, 4.69) is 75.6 Å². The largest absolute Gasteiger partial charge is 0.453 e. The number of fused-ring (bicyclic) bond motifs is 2. The SMILES string of the molecule is COC(=O)N[C@H](C(=O)N1CCC[C@H]1c1ncc(-c2ccc(-c3ccc(C4=CN=C([C@@H]5C6CCC(C6)[C@H]5C(=O)NCc5cccs5)C4)cc3)cc2)[nH]1)C(C)C. The minimum Gasteiger partial charge on any atom is -0.453 e. The van der Waals surface area contributed by atoms with Crippen LogP contribution in [0.25, 0.3) is 28.0 Å². The minimum absolute atomic E-state index is 0.0230. The van der Waals surface area contributed by atoms with Gasteiger partial charge in [0.15, 0.2) is 0 Å². The van der Waals surface area contributed by atoms with E-state index in [1.54, 1.807) is 11.3 Å². The molecule has 280 valence electrons. The minimum atomic E-state index is -0.670. The van der Waals surface area contributed by atoms with Gasteiger partial charge in [-0.1, -0.05) is 68.4 Å². The number of aromatic amines is 1. The third-order valence-corrected chi connectivity index (χ3v) is 12.9. The summed E-state index contributed by atoms with van der Waals surface area (Å²) in [5.74, 6) is 2.00. The molecule has 2 aromatic heterocycles. The van der Waals surface area contributed by atoms with E-state index in [1.165, 1.54) is 35.3 Å². The molecule has 0 radical (unpaired) electrons. The van der Waals surface area contributed by atoms with E-state index >= 15 is 0 Å². The van der Waals surface area contributed by atoms with Gasteiger partial charge in [0.1, 0.15) is 11.9 Å². The average molecular weight is 745 g/mol. The number of benzene rings is 2. The molecule has 2 aromatic carbocycles. The van der Waals surface area contributed by atoms with Crippen LogP contribution in [0.3, 0.4) is 0 Å². The number of alkyl carbamates (subject to hydrolysis) is 1. The van der Waals surface area contributed by atoms with Gasteiger partial charge in [-0.05, 0) is 89.1 Å². The molecule has 2 saturated carbocycles. The first-order valence-corrected chi connectivity index (χ1v) is 20.1. The van der Waals surface area contributed by atoms with Gasteiger partial charge in [-0.15, -0.1) is 11.3 Å². The number of ether oxygens (including phenoxy) is 1. The molecule has 6 atom stereocenters. The number of methoxy groups -OCH3 is 1. The van der Waals surface area contributed by atoms with Crippen LogP contribution in [0, 0.1) is 29.6 Å². The Hall–Kier alpha value is -5.03. The number of carbonyl (C=O) groups is 3. The zero-order valence-corrected chi connectivity index (χ0v) is 31.9. The molecule has 4 aromatic rings. The molecular formula is C43H48N6O4S. The van der Waals surface area contributed by atoms with Crippen LogP contribution >= 0.6 is 11.3 Å². The number of allylic oxidation sites excluding steroid dienone is 1. The Labute approximate surface area is 320 Å². The Bertz CT molecular complexity index is 2050. The lowest BCUT2D eigenvalue weighted by molar-refractivity contribution is -0.135. The summed E-state index contributed by atoms with van der Waals surface area (Å²) in [4.78, 5) is 55.1. The van der Waals surface area contributed by atoms with Gasteiger partial charge in [0.05, 0.1) is 31.6 Å². The topological polar surface area (TPSA) is 129 Å². The fraction of sp³-hybridized carbons (Fsp3) is 0.419. The van der Waals surface area contributed by atoms with Crippen LogP contribution in [0.1, 0.15) is 74.7 Å². The van der Waals surface area contributed by atoms with Crippen LogP contribution < -0.4 is 10.6 Å². The Morgan fingerprint density at radius 3 is 2.39 bits per heavy atom. The number of H-pyrrole nitrogens is 1. The second-order valence-electron chi connectivity index (χ2n) is 15.5. The van der Waals surface area contributed by atoms with Crippen LogP contribution in [-0.4, -0.2) is 58.2 Å². The Kier molecular flexibility index (Phi) is 10.2. The number of thiophene rings is 1. The number of aliphatic imine (C=N–C) groups is 1. The van der Waals surface area contributed by atoms with Crippen molar-refractivity contribution in [3.05, 3.63) is 94.7 Å². The molecule has 2 aliphatic heterocycles. The van der Waals surface area contributed by atoms with Crippen LogP contribution in [0.5, 0.6) is 0 Å². The number of imidazole rings is 1. The van der Waals surface area contributed by atoms with Crippen molar-refractivity contribution in [3.8, 4) is 22.4 Å². The predicted molar refractivity (Wildman–Crippen MR) is 211 cm³/mol. The molecule has 1 saturated heterocycles. The third kappa shape index (κ3) is 7.13. The van der Waals surface area contributed by atoms with Crippen molar-refractivity contribution in [1.29, 1.82) is 0 Å². The first-order chi connectivity index (χ1) is 26.3. The van der Waals surface area contributed by atoms with Crippen LogP contribution in [0.15, 0.2) is 83.4 Å². The van der Waals surface area contributed by atoms with E-state index in [0.29, 0.717) is 24.9 Å². The monoisotopic (exact) mass is 744 g/mol. The number of likely N-dealkylation sites (tertiary alicyclic amines) is 1. The van der Waals surface area contributed by atoms with E-state index in [4.69, 9.17) is 14.7 Å². The lowest BCUT2D eigenvalue weighted by Gasteiger charge is -2.30. The van der Waals surface area contributed by atoms with Crippen molar-refractivity contribution in [1.82, 2.24) is 25.5 Å². The highest BCUT2D eigenvalue weighted by Crippen LogP contribution is 2.54. The molecule has 54 heavy (non-hydrogen) atoms. The standard InChI is InChI=1S/C43H48N6O4S/c1-25(2)39(48-43(52)53-3)42(51)49-18-4-7-36(49)40-45-24-35(47-40)29-14-12-27(13-15-29)26-8-10-28(11-9-26)32-21-34(44-22-32)37-30-16-17-31(20-30)38(37)41(50)46-23-33-6-5-19-54-33/h5-6,8-15,19,22,24-25,30-31,36-39H,4,7,16-18,20-21,23H2,1-3H3,(H,45,47)(H,46,50)(H,48,52)/t30?,31?,36-,37-,38+,39-/m0/s1. The summed E-state index contributed by atoms with van der Waals surface area (Å²) in [6.07, 6.45) is 9.20. The lowest BCUT2D eigenvalue weighted by atomic mass is 9.75. The molecule has 11 heteroatoms. The quantitative estimate of drug-likeness (QED) is 0.143. The number of amides is 3. The van der Waals surface area contributed by atoms with E-state index < -0.39 is 12.1 Å². The molecule has 3 fully saturated rings. The molecule has 4 heterocycles. The zero-order valence-electron chi connectivity index (χ0n) is 31.1. The molecule has 2 bridgehead atoms. The van der Waals surface area contributed by atoms with Gasteiger partial charge in [0.25, 0.3) is 0 Å². The van der Waals surface area contributed by atoms with Crippen molar-refractivity contribution >= 4 is 40.5 Å². The van der Waals surface area contributed by atoms with Crippen molar-refractivity contribution in [2.75, 3.05) is 13.7 Å². The first kappa shape index (κ1) is 36.0. The Morgan fingerprint density at radius 1 is 0.963 bits per heavy atom. The maximum Gasteiger partial charge on any atom is 0.407 e. The molecular weight excluding hydrogens is 697 g/mol. The van der Waals surface area contributed by atoms with E-state index in [1.807, 2.05) is 37.2 Å². The van der Waals surface area contributed by atoms with Gasteiger partial charge in [0.2, 0.25) is 11.8 Å². The Balaban J connectivity index is 0.891. The summed E-state index contributed by atoms with van der Waals surface area (Å²) < 4.78 is 4.76. The summed E-state index contributed by atoms with van der Waals surface area (Å²) in [5.41, 5.74) is 7.71. The Morgan fingerprint density at radius 2 is 1.69 bits per heavy atom. The summed E-state index contributed by atoms with van der Waals surface area (Å²) >= 11 is 1.68. The van der Waals surface area contributed by atoms with Gasteiger partial charge in [0, 0.05) is 41.6 Å². The molecule has 2 aliphatic carbocycles. The maximum absolute atomic E-state index is 13.5. The van der Waals surface area contributed by atoms with Crippen LogP contribution in [0.4, 0.5) is 4.79 Å². The zero-order chi connectivity index (χ0) is 37.3. The third-order valence-electron chi connectivity index (χ3n) is 12.0. The number of aromatic nitrogens is 2. The highest BCUT2D eigenvalue weighted by Gasteiger charge is 2.52. The van der Waals surface area contributed by atoms with E-state index in [9.17, 15) is 14.4 Å². The molecule has 0 spiro atoms. The summed E-state index contributed by atoms with van der Waals surface area (Å²) in [6, 6.07) is 20.4. The van der Waals surface area contributed by atoms with Gasteiger partial charge in [-0.3, -0.25) is 14.6 Å². The number of nitrogens with zero attached hydrogens (tertiary/aromatic N) is 3. The van der Waals surface area contributed by atoms with Crippen molar-refractivity contribution in [3.63, 3.8) is 0 Å². The highest BCUT2D eigenvalue weighted by atomic mass is 32.1. The average Bonchev–Trinajstić information content (AvgIpc) is 4.05. The summed E-state index contributed by atoms with van der Waals surface area (Å²) in [7, 11) is 1.30. The van der Waals surface area contributed by atoms with E-state index in [0.717, 1.165) is 60.3 Å².